The van der Waals surface area contributed by atoms with E-state index in [-0.39, 0.29) is 18.2 Å². The van der Waals surface area contributed by atoms with E-state index < -0.39 is 5.25 Å². The number of aryl methyl sites for hydroxylation is 4. The number of aliphatic imine (C=N–C) groups is 1. The highest BCUT2D eigenvalue weighted by molar-refractivity contribution is 8.15. The Morgan fingerprint density at radius 3 is 2.16 bits per heavy atom. The van der Waals surface area contributed by atoms with Gasteiger partial charge in [-0.1, -0.05) is 48.2 Å². The van der Waals surface area contributed by atoms with E-state index in [2.05, 4.69) is 19.4 Å². The number of para-hydroxylation sites is 2. The largest absolute Gasteiger partial charge is 0.338 e. The average Bonchev–Trinajstić information content (AvgIpc) is 3.00. The zero-order chi connectivity index (χ0) is 23.4. The summed E-state index contributed by atoms with van der Waals surface area (Å²) in [5.41, 5.74) is 5.88. The minimum absolute atomic E-state index is 0.0436. The predicted molar refractivity (Wildman–Crippen MR) is 133 cm³/mol. The fourth-order valence-electron chi connectivity index (χ4n) is 3.71. The molecule has 1 atom stereocenters. The number of hydrogen-bond donors (Lipinski definition) is 2. The van der Waals surface area contributed by atoms with E-state index in [0.717, 1.165) is 40.2 Å². The molecule has 2 amide bonds. The zero-order valence-corrected chi connectivity index (χ0v) is 20.6. The molecule has 0 radical (unpaired) electrons. The van der Waals surface area contributed by atoms with E-state index in [9.17, 15) is 9.59 Å². The molecule has 0 aromatic heterocycles. The predicted octanol–water partition coefficient (Wildman–Crippen LogP) is 3.03. The van der Waals surface area contributed by atoms with Crippen LogP contribution in [0.5, 0.6) is 0 Å². The standard InChI is InChI=1S/C25H32N4O2S/c1-16-9-7-10-17(2)22(16)26-21(30)15-20-24(31)29(14-13-28(5)6)25(32-20)27-23-18(3)11-8-12-19(23)4/h7-12,20H,13-15H2,1-6H3,(H,26,30)/p+1/t20-/m0/s1. The van der Waals surface area contributed by atoms with Crippen LogP contribution >= 0.6 is 11.8 Å². The Bertz CT molecular complexity index is 1010. The molecule has 2 aromatic carbocycles. The maximum absolute atomic E-state index is 13.2. The molecule has 1 saturated heterocycles. The number of nitrogens with zero attached hydrogens (tertiary/aromatic N) is 2. The number of likely N-dealkylation sites (N-methyl/N-ethyl adjacent to an activating group) is 1. The lowest BCUT2D eigenvalue weighted by atomic mass is 10.1. The average molecular weight is 454 g/mol. The number of nitrogens with one attached hydrogen (secondary N) is 2. The molecule has 2 aromatic rings. The van der Waals surface area contributed by atoms with Gasteiger partial charge in [-0.2, -0.15) is 0 Å². The number of anilines is 1. The number of carbonyl (C=O) groups excluding carboxylic acids is 2. The van der Waals surface area contributed by atoms with Crippen LogP contribution in [0.2, 0.25) is 0 Å². The molecule has 7 heteroatoms. The summed E-state index contributed by atoms with van der Waals surface area (Å²) in [4.78, 5) is 34.0. The maximum Gasteiger partial charge on any atom is 0.242 e. The van der Waals surface area contributed by atoms with Crippen molar-refractivity contribution in [3.8, 4) is 0 Å². The van der Waals surface area contributed by atoms with Gasteiger partial charge in [-0.25, -0.2) is 4.99 Å². The number of quaternary nitrogens is 1. The first-order valence-electron chi connectivity index (χ1n) is 11.0. The minimum atomic E-state index is -0.473. The zero-order valence-electron chi connectivity index (χ0n) is 19.8. The number of benzene rings is 2. The Labute approximate surface area is 195 Å². The molecule has 0 aliphatic carbocycles. The van der Waals surface area contributed by atoms with Gasteiger partial charge < -0.3 is 10.2 Å². The summed E-state index contributed by atoms with van der Waals surface area (Å²) in [5, 5.41) is 3.21. The smallest absolute Gasteiger partial charge is 0.242 e. The number of rotatable bonds is 7. The van der Waals surface area contributed by atoms with Crippen LogP contribution in [0.1, 0.15) is 28.7 Å². The van der Waals surface area contributed by atoms with E-state index in [1.807, 2.05) is 64.1 Å². The molecule has 1 aliphatic heterocycles. The molecule has 32 heavy (non-hydrogen) atoms. The molecule has 0 saturated carbocycles. The van der Waals surface area contributed by atoms with Crippen LogP contribution in [0.3, 0.4) is 0 Å². The summed E-state index contributed by atoms with van der Waals surface area (Å²) in [7, 11) is 4.12. The van der Waals surface area contributed by atoms with E-state index in [1.54, 1.807) is 4.90 Å². The quantitative estimate of drug-likeness (QED) is 0.677. The van der Waals surface area contributed by atoms with Crippen LogP contribution in [-0.2, 0) is 9.59 Å². The van der Waals surface area contributed by atoms with Gasteiger partial charge in [-0.05, 0) is 49.9 Å². The van der Waals surface area contributed by atoms with Gasteiger partial charge in [0.15, 0.2) is 5.17 Å². The SMILES string of the molecule is Cc1cccc(C)c1N=C1S[C@@H](CC(=O)Nc2c(C)cccc2C)C(=O)N1CC[NH+](C)C. The van der Waals surface area contributed by atoms with E-state index in [4.69, 9.17) is 4.99 Å². The second kappa shape index (κ2) is 10.3. The van der Waals surface area contributed by atoms with Gasteiger partial charge in [0.05, 0.1) is 32.9 Å². The van der Waals surface area contributed by atoms with Crippen molar-refractivity contribution in [2.24, 2.45) is 4.99 Å². The summed E-state index contributed by atoms with van der Waals surface area (Å²) in [6.07, 6.45) is 0.119. The number of amides is 2. The first kappa shape index (κ1) is 24.0. The summed E-state index contributed by atoms with van der Waals surface area (Å²) in [6, 6.07) is 12.0. The van der Waals surface area contributed by atoms with Gasteiger partial charge in [0.2, 0.25) is 11.8 Å². The van der Waals surface area contributed by atoms with Crippen molar-refractivity contribution in [1.82, 2.24) is 4.90 Å². The van der Waals surface area contributed by atoms with Crippen molar-refractivity contribution in [3.63, 3.8) is 0 Å². The van der Waals surface area contributed by atoms with Crippen molar-refractivity contribution < 1.29 is 14.5 Å². The molecular weight excluding hydrogens is 420 g/mol. The van der Waals surface area contributed by atoms with Crippen LogP contribution in [0, 0.1) is 27.7 Å². The number of hydrogen-bond acceptors (Lipinski definition) is 4. The van der Waals surface area contributed by atoms with E-state index in [1.165, 1.54) is 16.7 Å². The topological polar surface area (TPSA) is 66.2 Å². The van der Waals surface area contributed by atoms with E-state index >= 15 is 0 Å². The summed E-state index contributed by atoms with van der Waals surface area (Å²) in [5.74, 6) is -0.197. The molecule has 1 fully saturated rings. The highest BCUT2D eigenvalue weighted by Gasteiger charge is 2.39. The normalized spacial score (nSPS) is 17.5. The van der Waals surface area contributed by atoms with Crippen molar-refractivity contribution in [1.29, 1.82) is 0 Å². The number of amidine groups is 1. The summed E-state index contributed by atoms with van der Waals surface area (Å²) >= 11 is 1.39. The molecule has 0 unspecified atom stereocenters. The molecule has 170 valence electrons. The highest BCUT2D eigenvalue weighted by atomic mass is 32.2. The minimum Gasteiger partial charge on any atom is -0.338 e. The van der Waals surface area contributed by atoms with Crippen molar-refractivity contribution >= 4 is 40.1 Å². The molecule has 0 bridgehead atoms. The summed E-state index contributed by atoms with van der Waals surface area (Å²) in [6.45, 7) is 9.37. The Kier molecular flexibility index (Phi) is 7.74. The molecule has 6 nitrogen and oxygen atoms in total. The Hall–Kier alpha value is -2.64. The van der Waals surface area contributed by atoms with Gasteiger partial charge in [-0.15, -0.1) is 0 Å². The fourth-order valence-corrected chi connectivity index (χ4v) is 4.88. The Balaban J connectivity index is 1.82. The second-order valence-corrected chi connectivity index (χ2v) is 9.88. The molecular formula is C25H33N4O2S+. The first-order chi connectivity index (χ1) is 15.2. The molecule has 3 rings (SSSR count). The molecule has 2 N–H and O–H groups in total. The van der Waals surface area contributed by atoms with Crippen LogP contribution in [0.25, 0.3) is 0 Å². The van der Waals surface area contributed by atoms with Crippen molar-refractivity contribution in [2.45, 2.75) is 39.4 Å². The van der Waals surface area contributed by atoms with Crippen LogP contribution in [-0.4, -0.2) is 54.3 Å². The van der Waals surface area contributed by atoms with Gasteiger partial charge >= 0.3 is 0 Å². The molecule has 1 aliphatic rings. The lowest BCUT2D eigenvalue weighted by Crippen LogP contribution is -3.06. The van der Waals surface area contributed by atoms with Gasteiger partial charge in [0.25, 0.3) is 0 Å². The monoisotopic (exact) mass is 453 g/mol. The molecule has 1 heterocycles. The third-order valence-electron chi connectivity index (χ3n) is 5.62. The maximum atomic E-state index is 13.2. The van der Waals surface area contributed by atoms with Crippen molar-refractivity contribution in [2.75, 3.05) is 32.5 Å². The number of thioether (sulfide) groups is 1. The lowest BCUT2D eigenvalue weighted by molar-refractivity contribution is -0.857. The fraction of sp³-hybridized carbons (Fsp3) is 0.400. The Morgan fingerprint density at radius 2 is 1.59 bits per heavy atom. The first-order valence-corrected chi connectivity index (χ1v) is 11.8. The van der Waals surface area contributed by atoms with Crippen LogP contribution < -0.4 is 10.2 Å². The molecule has 0 spiro atoms. The third kappa shape index (κ3) is 5.58. The lowest BCUT2D eigenvalue weighted by Gasteiger charge is -2.18. The van der Waals surface area contributed by atoms with Gasteiger partial charge in [0.1, 0.15) is 5.25 Å². The van der Waals surface area contributed by atoms with E-state index in [0.29, 0.717) is 11.7 Å². The van der Waals surface area contributed by atoms with Crippen LogP contribution in [0.4, 0.5) is 11.4 Å². The van der Waals surface area contributed by atoms with Gasteiger partial charge in [-0.3, -0.25) is 14.5 Å². The van der Waals surface area contributed by atoms with Gasteiger partial charge in [0, 0.05) is 12.1 Å². The summed E-state index contributed by atoms with van der Waals surface area (Å²) < 4.78 is 0. The highest BCUT2D eigenvalue weighted by Crippen LogP contribution is 2.33. The Morgan fingerprint density at radius 1 is 1.03 bits per heavy atom. The third-order valence-corrected chi connectivity index (χ3v) is 6.79. The second-order valence-electron chi connectivity index (χ2n) is 8.71. The van der Waals surface area contributed by atoms with Crippen LogP contribution in [0.15, 0.2) is 41.4 Å². The number of carbonyl (C=O) groups is 2. The van der Waals surface area contributed by atoms with Crippen molar-refractivity contribution in [3.05, 3.63) is 58.7 Å².